The molecule has 0 atom stereocenters. The summed E-state index contributed by atoms with van der Waals surface area (Å²) in [6, 6.07) is 0. The minimum absolute atomic E-state index is 0.0435. The van der Waals surface area contributed by atoms with Crippen LogP contribution in [0.25, 0.3) is 0 Å². The van der Waals surface area contributed by atoms with Crippen LogP contribution < -0.4 is 0 Å². The van der Waals surface area contributed by atoms with Gasteiger partial charge in [0.15, 0.2) is 0 Å². The molecule has 1 N–H and O–H groups in total. The second kappa shape index (κ2) is 21.9. The van der Waals surface area contributed by atoms with Crippen LogP contribution in [0.15, 0.2) is 0 Å². The van der Waals surface area contributed by atoms with Gasteiger partial charge in [-0.1, -0.05) is 78.1 Å². The largest absolute Gasteiger partial charge is 0.481 e. The van der Waals surface area contributed by atoms with Crippen molar-refractivity contribution in [3.63, 3.8) is 0 Å². The van der Waals surface area contributed by atoms with E-state index >= 15 is 0 Å². The third-order valence-electron chi connectivity index (χ3n) is 3.78. The summed E-state index contributed by atoms with van der Waals surface area (Å²) in [6.07, 6.45) is 15.2. The van der Waals surface area contributed by atoms with Crippen LogP contribution >= 0.6 is 0 Å². The third kappa shape index (κ3) is 25.9. The van der Waals surface area contributed by atoms with Gasteiger partial charge in [-0.05, 0) is 19.8 Å². The maximum absolute atomic E-state index is 10.9. The van der Waals surface area contributed by atoms with Gasteiger partial charge in [-0.3, -0.25) is 9.59 Å². The predicted molar refractivity (Wildman–Crippen MR) is 100 cm³/mol. The molecular formula is C20H40O4. The zero-order valence-corrected chi connectivity index (χ0v) is 16.3. The molecule has 0 aliphatic heterocycles. The van der Waals surface area contributed by atoms with E-state index in [0.29, 0.717) is 19.4 Å². The maximum Gasteiger partial charge on any atom is 0.305 e. The Hall–Kier alpha value is -1.06. The molecule has 24 heavy (non-hydrogen) atoms. The van der Waals surface area contributed by atoms with Crippen molar-refractivity contribution >= 4 is 11.9 Å². The Kier molecular flexibility index (Phi) is 23.0. The topological polar surface area (TPSA) is 63.6 Å². The van der Waals surface area contributed by atoms with Crippen LogP contribution in [0, 0.1) is 0 Å². The summed E-state index contributed by atoms with van der Waals surface area (Å²) >= 11 is 0. The second-order valence-corrected chi connectivity index (χ2v) is 6.23. The van der Waals surface area contributed by atoms with Crippen LogP contribution in [0.2, 0.25) is 0 Å². The van der Waals surface area contributed by atoms with Crippen molar-refractivity contribution in [3.8, 4) is 0 Å². The Morgan fingerprint density at radius 1 is 0.667 bits per heavy atom. The van der Waals surface area contributed by atoms with E-state index in [1.54, 1.807) is 0 Å². The number of aliphatic carboxylic acids is 1. The SMILES string of the molecule is CCCCCCCCC(=O)O.CCCCCCCCC(=O)OCC. The highest BCUT2D eigenvalue weighted by Crippen LogP contribution is 2.07. The fourth-order valence-corrected chi connectivity index (χ4v) is 2.34. The van der Waals surface area contributed by atoms with Crippen molar-refractivity contribution in [2.75, 3.05) is 6.61 Å². The van der Waals surface area contributed by atoms with Gasteiger partial charge in [0.1, 0.15) is 0 Å². The fourth-order valence-electron chi connectivity index (χ4n) is 2.34. The van der Waals surface area contributed by atoms with Crippen LogP contribution in [-0.2, 0) is 14.3 Å². The van der Waals surface area contributed by atoms with E-state index in [1.165, 1.54) is 57.8 Å². The minimum atomic E-state index is -0.666. The number of hydrogen-bond donors (Lipinski definition) is 1. The summed E-state index contributed by atoms with van der Waals surface area (Å²) in [5.41, 5.74) is 0. The molecule has 0 aromatic carbocycles. The van der Waals surface area contributed by atoms with Gasteiger partial charge >= 0.3 is 11.9 Å². The molecule has 0 rings (SSSR count). The van der Waals surface area contributed by atoms with Gasteiger partial charge in [-0.25, -0.2) is 0 Å². The summed E-state index contributed by atoms with van der Waals surface area (Å²) < 4.78 is 4.83. The van der Waals surface area contributed by atoms with Crippen LogP contribution in [0.4, 0.5) is 0 Å². The van der Waals surface area contributed by atoms with E-state index in [2.05, 4.69) is 13.8 Å². The molecule has 0 aliphatic carbocycles. The molecule has 0 fully saturated rings. The van der Waals surface area contributed by atoms with Crippen molar-refractivity contribution < 1.29 is 19.4 Å². The molecule has 0 saturated carbocycles. The van der Waals surface area contributed by atoms with Crippen molar-refractivity contribution in [1.29, 1.82) is 0 Å². The first-order chi connectivity index (χ1) is 11.6. The molecule has 0 spiro atoms. The van der Waals surface area contributed by atoms with Gasteiger partial charge in [-0.15, -0.1) is 0 Å². The molecule has 144 valence electrons. The van der Waals surface area contributed by atoms with E-state index < -0.39 is 5.97 Å². The van der Waals surface area contributed by atoms with Gasteiger partial charge in [0, 0.05) is 12.8 Å². The molecule has 0 radical (unpaired) electrons. The normalized spacial score (nSPS) is 9.96. The van der Waals surface area contributed by atoms with Gasteiger partial charge in [-0.2, -0.15) is 0 Å². The van der Waals surface area contributed by atoms with Crippen molar-refractivity contribution in [2.45, 2.75) is 111 Å². The van der Waals surface area contributed by atoms with Gasteiger partial charge in [0.05, 0.1) is 6.61 Å². The second-order valence-electron chi connectivity index (χ2n) is 6.23. The molecule has 0 heterocycles. The van der Waals surface area contributed by atoms with E-state index in [9.17, 15) is 9.59 Å². The van der Waals surface area contributed by atoms with E-state index in [1.807, 2.05) is 6.92 Å². The van der Waals surface area contributed by atoms with Crippen LogP contribution in [0.1, 0.15) is 111 Å². The molecule has 4 nitrogen and oxygen atoms in total. The van der Waals surface area contributed by atoms with Crippen LogP contribution in [-0.4, -0.2) is 23.7 Å². The molecule has 0 aromatic heterocycles. The van der Waals surface area contributed by atoms with Crippen molar-refractivity contribution in [3.05, 3.63) is 0 Å². The summed E-state index contributed by atoms with van der Waals surface area (Å²) in [5, 5.41) is 8.32. The van der Waals surface area contributed by atoms with Crippen LogP contribution in [0.3, 0.4) is 0 Å². The third-order valence-corrected chi connectivity index (χ3v) is 3.78. The average molecular weight is 345 g/mol. The van der Waals surface area contributed by atoms with E-state index in [4.69, 9.17) is 9.84 Å². The molecule has 0 saturated heterocycles. The van der Waals surface area contributed by atoms with Gasteiger partial charge in [0.25, 0.3) is 0 Å². The number of hydrogen-bond acceptors (Lipinski definition) is 3. The molecule has 0 aromatic rings. The van der Waals surface area contributed by atoms with Gasteiger partial charge < -0.3 is 9.84 Å². The summed E-state index contributed by atoms with van der Waals surface area (Å²) in [6.45, 7) is 6.74. The number of carbonyl (C=O) groups excluding carboxylic acids is 1. The standard InChI is InChI=1S/C11H22O2.C9H18O2/c1-3-5-6-7-8-9-10-11(12)13-4-2;1-2-3-4-5-6-7-8-9(10)11/h3-10H2,1-2H3;2-8H2,1H3,(H,10,11). The van der Waals surface area contributed by atoms with Gasteiger partial charge in [0.2, 0.25) is 0 Å². The molecule has 0 aliphatic rings. The first-order valence-corrected chi connectivity index (χ1v) is 9.95. The molecule has 0 unspecified atom stereocenters. The Labute approximate surface area is 149 Å². The van der Waals surface area contributed by atoms with Crippen molar-refractivity contribution in [2.24, 2.45) is 0 Å². The quantitative estimate of drug-likeness (QED) is 0.287. The first kappa shape index (κ1) is 25.2. The number of esters is 1. The molecule has 0 amide bonds. The number of carboxylic acid groups (broad SMARTS) is 1. The number of carboxylic acids is 1. The Balaban J connectivity index is 0. The lowest BCUT2D eigenvalue weighted by atomic mass is 10.1. The highest BCUT2D eigenvalue weighted by atomic mass is 16.5. The number of unbranched alkanes of at least 4 members (excludes halogenated alkanes) is 10. The lowest BCUT2D eigenvalue weighted by Crippen LogP contribution is -2.03. The summed E-state index contributed by atoms with van der Waals surface area (Å²) in [7, 11) is 0. The molecular weight excluding hydrogens is 304 g/mol. The Morgan fingerprint density at radius 3 is 1.50 bits per heavy atom. The zero-order chi connectivity index (χ0) is 18.5. The van der Waals surface area contributed by atoms with E-state index in [-0.39, 0.29) is 5.97 Å². The predicted octanol–water partition coefficient (Wildman–Crippen LogP) is 6.12. The maximum atomic E-state index is 10.9. The van der Waals surface area contributed by atoms with Crippen molar-refractivity contribution in [1.82, 2.24) is 0 Å². The number of carbonyl (C=O) groups is 2. The Morgan fingerprint density at radius 2 is 1.08 bits per heavy atom. The molecule has 0 bridgehead atoms. The zero-order valence-electron chi connectivity index (χ0n) is 16.3. The lowest BCUT2D eigenvalue weighted by Gasteiger charge is -2.01. The lowest BCUT2D eigenvalue weighted by molar-refractivity contribution is -0.143. The van der Waals surface area contributed by atoms with E-state index in [0.717, 1.165) is 19.3 Å². The number of rotatable bonds is 15. The minimum Gasteiger partial charge on any atom is -0.481 e. The molecule has 4 heteroatoms. The summed E-state index contributed by atoms with van der Waals surface area (Å²) in [4.78, 5) is 21.0. The number of ether oxygens (including phenoxy) is 1. The smallest absolute Gasteiger partial charge is 0.305 e. The fraction of sp³-hybridized carbons (Fsp3) is 0.900. The Bertz CT molecular complexity index is 277. The first-order valence-electron chi connectivity index (χ1n) is 9.95. The summed E-state index contributed by atoms with van der Waals surface area (Å²) in [5.74, 6) is -0.710. The average Bonchev–Trinajstić information content (AvgIpc) is 2.55. The highest BCUT2D eigenvalue weighted by molar-refractivity contribution is 5.69. The van der Waals surface area contributed by atoms with Crippen LogP contribution in [0.5, 0.6) is 0 Å². The monoisotopic (exact) mass is 344 g/mol. The highest BCUT2D eigenvalue weighted by Gasteiger charge is 2.00.